The number of esters is 5. The fourth-order valence-electron chi connectivity index (χ4n) is 11.7. The number of carboxylic acid groups (broad SMARTS) is 1. The molecule has 2 unspecified atom stereocenters. The average Bonchev–Trinajstić information content (AvgIpc) is 1.45. The number of imidazole rings is 1. The Morgan fingerprint density at radius 3 is 1.47 bits per heavy atom. The molecule has 112 heavy (non-hydrogen) atoms. The summed E-state index contributed by atoms with van der Waals surface area (Å²) in [6.45, 7) is 30.2. The fraction of sp³-hybridized carbons (Fsp3) is 0.645. The molecule has 3 atom stereocenters. The number of nitrogens with one attached hydrogen (secondary N) is 8. The number of hydrogen-bond acceptors (Lipinski definition) is 26. The molecular weight excluding hydrogens is 1470 g/mol. The van der Waals surface area contributed by atoms with Gasteiger partial charge >= 0.3 is 35.8 Å². The summed E-state index contributed by atoms with van der Waals surface area (Å²) in [6.07, 6.45) is 3.79. The van der Waals surface area contributed by atoms with Crippen molar-refractivity contribution in [3.05, 3.63) is 65.6 Å². The minimum absolute atomic E-state index is 0.0101. The number of aromatic amines is 1. The maximum absolute atomic E-state index is 14.6. The topological polar surface area (TPSA) is 441 Å². The molecule has 624 valence electrons. The number of carbonyl (C=O) groups excluding carboxylic acids is 10. The number of carbonyl (C=O) groups is 11. The van der Waals surface area contributed by atoms with Crippen molar-refractivity contribution in [1.29, 1.82) is 0 Å². The number of aliphatic carboxylic acids is 1. The third-order valence-corrected chi connectivity index (χ3v) is 18.1. The molecule has 0 saturated carbocycles. The number of amides is 5. The van der Waals surface area contributed by atoms with Gasteiger partial charge in [-0.3, -0.25) is 77.0 Å². The standard InChI is InChI=1S/C76H119N15O20S/c1-50-41-54(42-51(2)66(50)112(104,105)86-57(70(102)103)45-82-67(99)52-20-23-58-53(43-52)44-83-91(58)31-30-81-71-79-28-29-80-71)106-40-18-19-59(92)77-26-27-78-68(100)55(21-24-61(94)107-72(3,4)5)85-69(101)56(22-25-62(95)108-73(6,7)8)84-60(93)46-87-32-34-88(47-63(96)109-74(9,10)11)36-38-90(49-65(98)111-76(15,16)17)39-37-89(35-33-87)48-64(97)110-75(12,13)14/h20,23,28-29,41-44,55-57,86H,18-19,21-22,24-27,30-40,45-49H2,1-17H3,(H,77,92)(H,78,100)(H,82,99)(H,84,93)(H,85,101)(H,102,103)(H2,79,80,81)/t55?,56?,57-/m0/s1. The largest absolute Gasteiger partial charge is 0.494 e. The Hall–Kier alpha value is -9.36. The Morgan fingerprint density at radius 2 is 1.01 bits per heavy atom. The van der Waals surface area contributed by atoms with Crippen LogP contribution in [0.1, 0.15) is 164 Å². The summed E-state index contributed by atoms with van der Waals surface area (Å²) in [4.78, 5) is 163. The van der Waals surface area contributed by atoms with Gasteiger partial charge in [-0.15, -0.1) is 0 Å². The molecular formula is C76H119N15O20S. The summed E-state index contributed by atoms with van der Waals surface area (Å²) in [6, 6.07) is 3.11. The number of nitrogens with zero attached hydrogens (tertiary/aromatic N) is 7. The van der Waals surface area contributed by atoms with Gasteiger partial charge in [-0.2, -0.15) is 9.82 Å². The molecule has 0 radical (unpaired) electrons. The Labute approximate surface area is 656 Å². The van der Waals surface area contributed by atoms with E-state index in [4.69, 9.17) is 28.4 Å². The summed E-state index contributed by atoms with van der Waals surface area (Å²) in [5.41, 5.74) is -2.78. The number of aromatic nitrogens is 4. The first-order chi connectivity index (χ1) is 52.1. The molecule has 1 saturated heterocycles. The molecule has 4 aromatic rings. The van der Waals surface area contributed by atoms with Crippen LogP contribution >= 0.6 is 0 Å². The van der Waals surface area contributed by atoms with E-state index >= 15 is 0 Å². The highest BCUT2D eigenvalue weighted by molar-refractivity contribution is 7.89. The maximum atomic E-state index is 14.6. The third kappa shape index (κ3) is 36.0. The first-order valence-electron chi connectivity index (χ1n) is 37.7. The van der Waals surface area contributed by atoms with Crippen LogP contribution in [0.5, 0.6) is 5.75 Å². The van der Waals surface area contributed by atoms with E-state index in [0.717, 1.165) is 5.52 Å². The average molecular weight is 1590 g/mol. The number of anilines is 1. The number of carboxylic acids is 1. The summed E-state index contributed by atoms with van der Waals surface area (Å²) in [7, 11) is -4.50. The second-order valence-corrected chi connectivity index (χ2v) is 34.2. The minimum Gasteiger partial charge on any atom is -0.494 e. The lowest BCUT2D eigenvalue weighted by Crippen LogP contribution is -2.56. The van der Waals surface area contributed by atoms with Crippen molar-refractivity contribution in [2.45, 2.75) is 214 Å². The highest BCUT2D eigenvalue weighted by Gasteiger charge is 2.34. The van der Waals surface area contributed by atoms with Crippen LogP contribution in [-0.2, 0) is 88.2 Å². The first-order valence-corrected chi connectivity index (χ1v) is 39.2. The van der Waals surface area contributed by atoms with E-state index in [9.17, 15) is 66.3 Å². The molecule has 3 heterocycles. The van der Waals surface area contributed by atoms with E-state index in [0.29, 0.717) is 37.5 Å². The van der Waals surface area contributed by atoms with E-state index in [-0.39, 0.29) is 151 Å². The number of hydrogen-bond donors (Lipinski definition) is 9. The van der Waals surface area contributed by atoms with Gasteiger partial charge in [0.25, 0.3) is 5.91 Å². The Bertz CT molecular complexity index is 3900. The number of H-pyrrole nitrogens is 1. The van der Waals surface area contributed by atoms with Crippen LogP contribution in [0.2, 0.25) is 0 Å². The molecule has 1 aliphatic heterocycles. The summed E-state index contributed by atoms with van der Waals surface area (Å²) in [5, 5.41) is 31.6. The maximum Gasteiger partial charge on any atom is 0.323 e. The van der Waals surface area contributed by atoms with Crippen molar-refractivity contribution < 1.29 is 94.7 Å². The molecule has 5 amide bonds. The van der Waals surface area contributed by atoms with Crippen molar-refractivity contribution in [2.24, 2.45) is 0 Å². The van der Waals surface area contributed by atoms with Crippen LogP contribution in [0.15, 0.2) is 53.8 Å². The molecule has 5 rings (SSSR count). The lowest BCUT2D eigenvalue weighted by Gasteiger charge is -2.34. The predicted molar refractivity (Wildman–Crippen MR) is 415 cm³/mol. The Balaban J connectivity index is 1.22. The molecule has 35 nitrogen and oxygen atoms in total. The zero-order valence-corrected chi connectivity index (χ0v) is 68.9. The summed E-state index contributed by atoms with van der Waals surface area (Å²) >= 11 is 0. The lowest BCUT2D eigenvalue weighted by atomic mass is 10.1. The monoisotopic (exact) mass is 1590 g/mol. The highest BCUT2D eigenvalue weighted by atomic mass is 32.2. The second-order valence-electron chi connectivity index (χ2n) is 32.5. The molecule has 2 aromatic carbocycles. The Kier molecular flexibility index (Phi) is 35.4. The van der Waals surface area contributed by atoms with Gasteiger partial charge in [-0.25, -0.2) is 13.4 Å². The van der Waals surface area contributed by atoms with Crippen molar-refractivity contribution in [3.8, 4) is 5.75 Å². The molecule has 36 heteroatoms. The van der Waals surface area contributed by atoms with Crippen molar-refractivity contribution in [2.75, 3.05) is 117 Å². The van der Waals surface area contributed by atoms with Crippen molar-refractivity contribution >= 4 is 92.2 Å². The first kappa shape index (κ1) is 93.2. The smallest absolute Gasteiger partial charge is 0.323 e. The van der Waals surface area contributed by atoms with Gasteiger partial charge in [0.05, 0.1) is 55.9 Å². The normalized spacial score (nSPS) is 15.0. The summed E-state index contributed by atoms with van der Waals surface area (Å²) < 4.78 is 65.6. The highest BCUT2D eigenvalue weighted by Crippen LogP contribution is 2.27. The van der Waals surface area contributed by atoms with Gasteiger partial charge in [-0.1, -0.05) is 0 Å². The van der Waals surface area contributed by atoms with Crippen molar-refractivity contribution in [3.63, 3.8) is 0 Å². The van der Waals surface area contributed by atoms with Crippen LogP contribution in [0.25, 0.3) is 10.9 Å². The predicted octanol–water partition coefficient (Wildman–Crippen LogP) is 3.50. The number of fused-ring (bicyclic) bond motifs is 1. The zero-order valence-electron chi connectivity index (χ0n) is 68.1. The van der Waals surface area contributed by atoms with Crippen LogP contribution in [-0.4, -0.2) is 276 Å². The van der Waals surface area contributed by atoms with E-state index in [1.807, 2.05) is 14.7 Å². The van der Waals surface area contributed by atoms with Gasteiger partial charge in [0.2, 0.25) is 33.7 Å². The lowest BCUT2D eigenvalue weighted by molar-refractivity contribution is -0.158. The zero-order chi connectivity index (χ0) is 83.5. The van der Waals surface area contributed by atoms with E-state index in [1.54, 1.807) is 150 Å². The number of aryl methyl sites for hydroxylation is 2. The van der Waals surface area contributed by atoms with Gasteiger partial charge in [0, 0.05) is 121 Å². The van der Waals surface area contributed by atoms with Crippen LogP contribution in [0.3, 0.4) is 0 Å². The van der Waals surface area contributed by atoms with Crippen molar-refractivity contribution in [1.82, 2.24) is 70.7 Å². The summed E-state index contributed by atoms with van der Waals surface area (Å²) in [5.74, 6) is -6.86. The van der Waals surface area contributed by atoms with E-state index in [2.05, 4.69) is 51.7 Å². The molecule has 2 aromatic heterocycles. The second kappa shape index (κ2) is 42.5. The molecule has 0 spiro atoms. The van der Waals surface area contributed by atoms with Gasteiger partial charge < -0.3 is 70.4 Å². The van der Waals surface area contributed by atoms with Crippen LogP contribution in [0, 0.1) is 13.8 Å². The number of benzene rings is 2. The van der Waals surface area contributed by atoms with E-state index < -0.39 is 128 Å². The van der Waals surface area contributed by atoms with Crippen LogP contribution < -0.4 is 41.4 Å². The molecule has 1 aliphatic rings. The fourth-order valence-corrected chi connectivity index (χ4v) is 13.3. The number of ether oxygens (including phenoxy) is 6. The van der Waals surface area contributed by atoms with Gasteiger partial charge in [0.15, 0.2) is 5.95 Å². The number of sulfonamides is 1. The molecule has 0 aliphatic carbocycles. The number of rotatable bonds is 37. The van der Waals surface area contributed by atoms with Crippen LogP contribution in [0.4, 0.5) is 5.95 Å². The van der Waals surface area contributed by atoms with Gasteiger partial charge in [-0.05, 0) is 178 Å². The SMILES string of the molecule is Cc1cc(OCCCC(=O)NCCNC(=O)C(CCC(=O)OC(C)(C)C)NC(=O)C(CCC(=O)OC(C)(C)C)NC(=O)CN2CCN(CC(=O)OC(C)(C)C)CCN(CC(=O)OC(C)(C)C)CCN(CC(=O)OC(C)(C)C)CC2)cc(C)c1S(=O)(=O)N[C@@H](CNC(=O)c1ccc2c(cnn2CCNc2ncc[nH]2)c1)C(=O)O. The molecule has 1 fully saturated rings. The minimum atomic E-state index is -4.50. The quantitative estimate of drug-likeness (QED) is 0.0177. The molecule has 9 N–H and O–H groups in total. The molecule has 0 bridgehead atoms. The third-order valence-electron chi connectivity index (χ3n) is 16.4. The van der Waals surface area contributed by atoms with E-state index in [1.165, 1.54) is 26.0 Å². The Morgan fingerprint density at radius 1 is 0.545 bits per heavy atom. The van der Waals surface area contributed by atoms with Gasteiger partial charge in [0.1, 0.15) is 51.9 Å².